The highest BCUT2D eigenvalue weighted by Crippen LogP contribution is 2.45. The zero-order chi connectivity index (χ0) is 108. The van der Waals surface area contributed by atoms with Crippen LogP contribution in [0.5, 0.6) is 0 Å². The van der Waals surface area contributed by atoms with Crippen molar-refractivity contribution in [3.05, 3.63) is 0 Å². The van der Waals surface area contributed by atoms with Crippen molar-refractivity contribution in [1.29, 1.82) is 0 Å². The van der Waals surface area contributed by atoms with Crippen LogP contribution in [0.25, 0.3) is 0 Å². The normalized spacial score (nSPS) is 47.5. The van der Waals surface area contributed by atoms with E-state index in [0.717, 1.165) is 27.7 Å². The van der Waals surface area contributed by atoms with Crippen LogP contribution in [-0.2, 0) is 138 Å². The van der Waals surface area contributed by atoms with Gasteiger partial charge in [-0.05, 0) is 6.92 Å². The first-order valence-electron chi connectivity index (χ1n) is 46.9. The molecule has 11 aliphatic rings. The van der Waals surface area contributed by atoms with E-state index in [1.165, 1.54) is 20.8 Å². The number of carbonyl (C=O) groups is 6. The van der Waals surface area contributed by atoms with Gasteiger partial charge >= 0.3 is 11.9 Å². The van der Waals surface area contributed by atoms with E-state index in [2.05, 4.69) is 21.3 Å². The van der Waals surface area contributed by atoms with Gasteiger partial charge in [-0.25, -0.2) is 0 Å². The Morgan fingerprint density at radius 3 is 1.03 bits per heavy atom. The van der Waals surface area contributed by atoms with Crippen molar-refractivity contribution in [3.8, 4) is 0 Å². The van der Waals surface area contributed by atoms with Gasteiger partial charge in [0.15, 0.2) is 50.3 Å². The molecule has 0 radical (unpaired) electrons. The van der Waals surface area contributed by atoms with Gasteiger partial charge in [-0.2, -0.15) is 0 Å². The first-order valence-corrected chi connectivity index (χ1v) is 46.9. The number of nitrogens with one attached hydrogen (secondary N) is 4. The Kier molecular flexibility index (Phi) is 43.8. The first-order chi connectivity index (χ1) is 69.0. The number of hydrogen-bond donors (Lipinski definition) is 34. The van der Waals surface area contributed by atoms with Gasteiger partial charge in [-0.1, -0.05) is 13.8 Å². The quantitative estimate of drug-likeness (QED) is 0.0199. The van der Waals surface area contributed by atoms with Crippen LogP contribution in [0.15, 0.2) is 0 Å². The summed E-state index contributed by atoms with van der Waals surface area (Å²) >= 11 is 0. The Balaban J connectivity index is 0.896. The number of carbonyl (C=O) groups excluding carboxylic acids is 6. The van der Waals surface area contributed by atoms with Crippen LogP contribution < -0.4 is 21.3 Å². The van der Waals surface area contributed by atoms with Crippen molar-refractivity contribution in [2.24, 2.45) is 11.8 Å². The maximum Gasteiger partial charge on any atom is 0.332 e. The van der Waals surface area contributed by atoms with E-state index in [4.69, 9.17) is 109 Å². The minimum Gasteiger partial charge on any atom is -0.410 e. The van der Waals surface area contributed by atoms with E-state index in [9.17, 15) is 182 Å². The van der Waals surface area contributed by atoms with Crippen LogP contribution in [0.1, 0.15) is 61.3 Å². The van der Waals surface area contributed by atoms with Gasteiger partial charge in [-0.3, -0.25) is 28.8 Å². The zero-order valence-electron chi connectivity index (χ0n) is 79.4. The predicted molar refractivity (Wildman–Crippen MR) is 452 cm³/mol. The second-order valence-corrected chi connectivity index (χ2v) is 37.4. The summed E-state index contributed by atoms with van der Waals surface area (Å²) in [5.41, 5.74) is 0. The average molecular weight is 2140 g/mol. The van der Waals surface area contributed by atoms with E-state index in [-0.39, 0.29) is 12.9 Å². The molecule has 34 N–H and O–H groups in total. The molecule has 63 nitrogen and oxygen atoms in total. The fourth-order valence-corrected chi connectivity index (χ4v) is 19.2. The van der Waals surface area contributed by atoms with Gasteiger partial charge in [-0.15, -0.1) is 0 Å². The molecular formula is C83H138N4O59. The third-order valence-corrected chi connectivity index (χ3v) is 27.3. The number of aliphatic hydroxyl groups is 30. The second-order valence-electron chi connectivity index (χ2n) is 37.4. The molecular weight excluding hydrogens is 2000 g/mol. The molecule has 63 heteroatoms. The largest absolute Gasteiger partial charge is 0.410 e. The molecule has 0 aromatic heterocycles. The molecule has 11 saturated heterocycles. The van der Waals surface area contributed by atoms with E-state index in [0.29, 0.717) is 0 Å². The summed E-state index contributed by atoms with van der Waals surface area (Å²) in [6, 6.07) is -7.40. The number of rotatable bonds is 43. The summed E-state index contributed by atoms with van der Waals surface area (Å²) in [6.07, 6.45) is -106. The topological polar surface area (TPSA) is 970 Å². The molecule has 0 bridgehead atoms. The predicted octanol–water partition coefficient (Wildman–Crippen LogP) is -22.3. The lowest BCUT2D eigenvalue weighted by atomic mass is 9.87. The summed E-state index contributed by atoms with van der Waals surface area (Å²) in [4.78, 5) is 76.3. The molecule has 11 aliphatic heterocycles. The Labute approximate surface area is 828 Å². The van der Waals surface area contributed by atoms with Crippen molar-refractivity contribution in [3.63, 3.8) is 0 Å². The number of ether oxygens (including phenoxy) is 23. The lowest BCUT2D eigenvalue weighted by Crippen LogP contribution is -2.71. The molecule has 21 unspecified atom stereocenters. The smallest absolute Gasteiger partial charge is 0.332 e. The molecule has 0 saturated carbocycles. The summed E-state index contributed by atoms with van der Waals surface area (Å²) in [5, 5.41) is 350. The molecule has 0 aliphatic carbocycles. The lowest BCUT2D eigenvalue weighted by molar-refractivity contribution is -0.448. The van der Waals surface area contributed by atoms with Crippen molar-refractivity contribution in [2.75, 3.05) is 72.7 Å². The number of hydrogen-bond acceptors (Lipinski definition) is 59. The van der Waals surface area contributed by atoms with Crippen LogP contribution in [0, 0.1) is 11.8 Å². The van der Waals surface area contributed by atoms with E-state index < -0.39 is 458 Å². The fourth-order valence-electron chi connectivity index (χ4n) is 19.2. The maximum atomic E-state index is 13.3. The van der Waals surface area contributed by atoms with E-state index >= 15 is 0 Å². The van der Waals surface area contributed by atoms with Crippen LogP contribution in [0.4, 0.5) is 0 Å². The van der Waals surface area contributed by atoms with Crippen LogP contribution in [0.3, 0.4) is 0 Å². The summed E-state index contributed by atoms with van der Waals surface area (Å²) in [5.74, 6) is -11.5. The SMILES string of the molecule is CC(=O)NC1C(O)[C@H](O[C@@H]2OC(CO)[C@H](O)[C@H](O[C@]3(OC=O)C[C@H](O)[C@@H](C)C([C@H](O)[C@H](O)CO)O3)C2O)[C@@H](CO)O[C@@H]1OC1[C@H](OCC2O[C@@H](O[C@H]3C(CO)O[C@@H](O[C@H]4C(CO)O[C@@H](C)C(NC(C)=O)[C@H]4O)C(NC(C)=O)[C@H]3O)C(O)[C@@H](O[C@@H]3OC(CO)[C@H](O)C(O)C3O[C@@H]3OC(CO)[C@H](O[C@@H]4OC(CO[C@]5(OC=O)C[C@H](O)[C@@H](C)C([C@H](O)[C@@H](O)CO)O5)[C@H](O)[C@H](O)C4O)[C@H](O)C3NC(C)=O)[C@H]2O)OC(CO)[C@H](O)[C@@H]1O. The highest BCUT2D eigenvalue weighted by molar-refractivity contribution is 5.74. The van der Waals surface area contributed by atoms with E-state index in [1.807, 2.05) is 0 Å². The second kappa shape index (κ2) is 52.8. The lowest BCUT2D eigenvalue weighted by Gasteiger charge is -2.51. The minimum atomic E-state index is -2.91. The molecule has 0 aromatic carbocycles. The van der Waals surface area contributed by atoms with Crippen molar-refractivity contribution >= 4 is 36.6 Å². The molecule has 146 heavy (non-hydrogen) atoms. The van der Waals surface area contributed by atoms with Crippen LogP contribution in [-0.4, -0.2) is 599 Å². The number of amides is 4. The summed E-state index contributed by atoms with van der Waals surface area (Å²) < 4.78 is 137. The summed E-state index contributed by atoms with van der Waals surface area (Å²) in [7, 11) is 0. The molecule has 11 heterocycles. The zero-order valence-corrected chi connectivity index (χ0v) is 79.4. The Hall–Kier alpha value is -5.22. The van der Waals surface area contributed by atoms with Gasteiger partial charge < -0.3 is 283 Å². The van der Waals surface area contributed by atoms with Crippen molar-refractivity contribution in [1.82, 2.24) is 21.3 Å². The Bertz CT molecular complexity index is 4070. The first kappa shape index (κ1) is 121. The fraction of sp³-hybridized carbons (Fsp3) is 0.928. The molecule has 844 valence electrons. The van der Waals surface area contributed by atoms with Crippen LogP contribution >= 0.6 is 0 Å². The van der Waals surface area contributed by atoms with Gasteiger partial charge in [0.05, 0.1) is 122 Å². The highest BCUT2D eigenvalue weighted by Gasteiger charge is 2.65. The van der Waals surface area contributed by atoms with Gasteiger partial charge in [0, 0.05) is 39.5 Å². The number of aliphatic hydroxyl groups excluding tert-OH is 30. The Morgan fingerprint density at radius 1 is 0.315 bits per heavy atom. The standard InChI is InChI=1S/C83H138N4O59/c1-23-30(103)8-82(126-21-97,144-64(23)47(107)32(105)10-88)125-20-42-51(111)58(118)61(121)77(136-42)138-67-38(16-94)134-76(46(56(67)116)87-29(7)102)143-73-60(120)50(110)35(13-91)131-81(73)141-70-53(113)41(135-78(62(70)122)139-68-39(17-95)132-74(44(55(68)115)85-27(5)100)137-66-37(15-93)128-25(3)43(54(66)114)84-26(4)99)19-124-80-72(59(119)49(109)34(12-90)130-80)142-75-45(86-28(6)101)57(117)69(40(18-96)133-75)140-79-63(123)71(52(112)36(14-92)129-79)146-83(127-22-98)9-31(104)24(2)65(145-83)48(108)33(106)11-89/h21-25,30-81,88-96,103-123H,8-20H2,1-7H3,(H,84,99)(H,85,100)(H,86,101)(H,87,102)/t23-,24-,25+,30+,31+,32+,33-,34?,35?,36?,37?,38?,39?,40-,41?,42?,43?,44?,45?,46?,47-,48-,49+,50+,51+,52+,53+,54-,55-,56-,57?,58+,59+,60?,61?,62?,63?,64?,65?,66+,67+,68+,69-,70+,71+,72?,73?,74+,75-,76+,77+,78+,79+,80-,81+,82+,83+/m1/s1. The van der Waals surface area contributed by atoms with Crippen molar-refractivity contribution < 1.29 is 291 Å². The maximum absolute atomic E-state index is 13.3. The minimum absolute atomic E-state index is 0.207. The van der Waals surface area contributed by atoms with Crippen molar-refractivity contribution in [2.45, 2.75) is 398 Å². The van der Waals surface area contributed by atoms with Gasteiger partial charge in [0.2, 0.25) is 23.6 Å². The third-order valence-electron chi connectivity index (χ3n) is 27.3. The van der Waals surface area contributed by atoms with Gasteiger partial charge in [0.1, 0.15) is 238 Å². The molecule has 57 atom stereocenters. The monoisotopic (exact) mass is 2130 g/mol. The van der Waals surface area contributed by atoms with Crippen LogP contribution in [0.2, 0.25) is 0 Å². The molecule has 0 spiro atoms. The molecule has 11 rings (SSSR count). The molecule has 0 aromatic rings. The van der Waals surface area contributed by atoms with Gasteiger partial charge in [0.25, 0.3) is 12.9 Å². The third kappa shape index (κ3) is 26.9. The van der Waals surface area contributed by atoms with E-state index in [1.54, 1.807) is 0 Å². The summed E-state index contributed by atoms with van der Waals surface area (Å²) in [6.45, 7) is -5.30. The average Bonchev–Trinajstić information content (AvgIpc) is 0.749. The molecule has 4 amide bonds. The highest BCUT2D eigenvalue weighted by atomic mass is 16.9. The molecule has 11 fully saturated rings. The Morgan fingerprint density at radius 2 is 0.616 bits per heavy atom.